The molecule has 0 radical (unpaired) electrons. The van der Waals surface area contributed by atoms with Gasteiger partial charge in [0.2, 0.25) is 0 Å². The molecule has 0 saturated heterocycles. The predicted octanol–water partition coefficient (Wildman–Crippen LogP) is 2.90. The second kappa shape index (κ2) is 7.85. The second-order valence-corrected chi connectivity index (χ2v) is 8.35. The van der Waals surface area contributed by atoms with E-state index in [1.165, 1.54) is 7.11 Å². The average molecular weight is 435 g/mol. The quantitative estimate of drug-likeness (QED) is 0.366. The van der Waals surface area contributed by atoms with Gasteiger partial charge in [-0.25, -0.2) is 0 Å². The van der Waals surface area contributed by atoms with Gasteiger partial charge in [0, 0.05) is 0 Å². The summed E-state index contributed by atoms with van der Waals surface area (Å²) in [6, 6.07) is 24.6. The maximum absolute atomic E-state index is 12.7. The minimum absolute atomic E-state index is 0.128. The molecule has 3 aromatic carbocycles. The maximum atomic E-state index is 12.7. The van der Waals surface area contributed by atoms with Crippen LogP contribution in [0.2, 0.25) is 0 Å². The Morgan fingerprint density at radius 1 is 0.893 bits per heavy atom. The molecule has 0 unspecified atom stereocenters. The number of carbonyl (C=O) groups excluding carboxylic acids is 1. The first-order chi connectivity index (χ1) is 13.7. The Bertz CT molecular complexity index is 1200. The van der Waals surface area contributed by atoms with Crippen LogP contribution in [0.4, 0.5) is 0 Å². The van der Waals surface area contributed by atoms with Gasteiger partial charge in [0.05, 0.1) is 0 Å². The van der Waals surface area contributed by atoms with E-state index >= 15 is 0 Å². The van der Waals surface area contributed by atoms with E-state index in [4.69, 9.17) is 9.15 Å². The van der Waals surface area contributed by atoms with E-state index in [9.17, 15) is 9.59 Å². The summed E-state index contributed by atoms with van der Waals surface area (Å²) in [5.41, 5.74) is 0.820. The molecule has 0 atom stereocenters. The van der Waals surface area contributed by atoms with E-state index in [2.05, 4.69) is 12.1 Å². The summed E-state index contributed by atoms with van der Waals surface area (Å²) in [4.78, 5) is 24.7. The Morgan fingerprint density at radius 2 is 1.57 bits per heavy atom. The van der Waals surface area contributed by atoms with E-state index in [-0.39, 0.29) is 15.0 Å². The van der Waals surface area contributed by atoms with Gasteiger partial charge in [0.1, 0.15) is 0 Å². The van der Waals surface area contributed by atoms with Gasteiger partial charge in [-0.2, -0.15) is 0 Å². The van der Waals surface area contributed by atoms with Crippen molar-refractivity contribution in [3.8, 4) is 11.3 Å². The van der Waals surface area contributed by atoms with E-state index in [1.807, 2.05) is 48.5 Å². The molecule has 0 spiro atoms. The average Bonchev–Trinajstić information content (AvgIpc) is 2.76. The SMILES string of the molecule is COC(=O)c1ccc2c(=O)oc(-c3ccccc3)c([Se]c3ccccc3)c2c1. The van der Waals surface area contributed by atoms with Crippen molar-refractivity contribution in [2.45, 2.75) is 0 Å². The van der Waals surface area contributed by atoms with Gasteiger partial charge in [-0.1, -0.05) is 0 Å². The number of rotatable bonds is 4. The number of hydrogen-bond donors (Lipinski definition) is 0. The molecule has 0 aliphatic rings. The molecule has 4 rings (SSSR count). The van der Waals surface area contributed by atoms with E-state index in [0.717, 1.165) is 19.9 Å². The van der Waals surface area contributed by atoms with Crippen molar-refractivity contribution in [1.29, 1.82) is 0 Å². The third-order valence-corrected chi connectivity index (χ3v) is 6.65. The van der Waals surface area contributed by atoms with Crippen LogP contribution in [-0.2, 0) is 4.74 Å². The number of fused-ring (bicyclic) bond motifs is 1. The Morgan fingerprint density at radius 3 is 2.25 bits per heavy atom. The first-order valence-corrected chi connectivity index (χ1v) is 10.4. The molecule has 0 bridgehead atoms. The standard InChI is InChI=1S/C23H16O4Se/c1-26-22(24)16-12-13-18-19(14-16)21(28-17-10-6-3-7-11-17)20(27-23(18)25)15-8-4-2-5-9-15/h2-14H,1H3. The van der Waals surface area contributed by atoms with Crippen LogP contribution >= 0.6 is 0 Å². The summed E-state index contributed by atoms with van der Waals surface area (Å²) < 4.78 is 12.7. The normalized spacial score (nSPS) is 10.8. The fourth-order valence-electron chi connectivity index (χ4n) is 2.96. The van der Waals surface area contributed by atoms with Crippen molar-refractivity contribution >= 4 is 40.6 Å². The first-order valence-electron chi connectivity index (χ1n) is 8.65. The van der Waals surface area contributed by atoms with Crippen LogP contribution in [0.5, 0.6) is 0 Å². The van der Waals surface area contributed by atoms with Crippen molar-refractivity contribution in [2.24, 2.45) is 0 Å². The molecule has 4 aromatic rings. The summed E-state index contributed by atoms with van der Waals surface area (Å²) in [7, 11) is 1.34. The zero-order valence-corrected chi connectivity index (χ0v) is 16.8. The molecule has 0 amide bonds. The fraction of sp³-hybridized carbons (Fsp3) is 0.0435. The fourth-order valence-corrected chi connectivity index (χ4v) is 5.18. The topological polar surface area (TPSA) is 56.5 Å². The number of carbonyl (C=O) groups is 1. The Labute approximate surface area is 167 Å². The molecule has 4 nitrogen and oxygen atoms in total. The van der Waals surface area contributed by atoms with E-state index in [1.54, 1.807) is 18.2 Å². The van der Waals surface area contributed by atoms with Crippen LogP contribution in [-0.4, -0.2) is 28.0 Å². The Balaban J connectivity index is 2.02. The molecule has 0 saturated carbocycles. The van der Waals surface area contributed by atoms with Crippen LogP contribution in [0, 0.1) is 0 Å². The monoisotopic (exact) mass is 436 g/mol. The van der Waals surface area contributed by atoms with Gasteiger partial charge in [0.25, 0.3) is 0 Å². The second-order valence-electron chi connectivity index (χ2n) is 6.08. The van der Waals surface area contributed by atoms with Crippen molar-refractivity contribution in [3.63, 3.8) is 0 Å². The van der Waals surface area contributed by atoms with E-state index < -0.39 is 11.6 Å². The molecule has 0 aliphatic heterocycles. The third-order valence-electron chi connectivity index (χ3n) is 4.31. The van der Waals surface area contributed by atoms with Gasteiger partial charge in [-0.05, 0) is 0 Å². The van der Waals surface area contributed by atoms with Gasteiger partial charge in [-0.3, -0.25) is 0 Å². The summed E-state index contributed by atoms with van der Waals surface area (Å²) >= 11 is -0.128. The van der Waals surface area contributed by atoms with Crippen LogP contribution in [0.25, 0.3) is 22.1 Å². The minimum atomic E-state index is -0.436. The Hall–Kier alpha value is -3.14. The van der Waals surface area contributed by atoms with Gasteiger partial charge in [0.15, 0.2) is 0 Å². The van der Waals surface area contributed by atoms with Crippen LogP contribution in [0.3, 0.4) is 0 Å². The molecule has 1 heterocycles. The third kappa shape index (κ3) is 3.50. The van der Waals surface area contributed by atoms with Crippen molar-refractivity contribution in [1.82, 2.24) is 0 Å². The van der Waals surface area contributed by atoms with Crippen molar-refractivity contribution < 1.29 is 13.9 Å². The van der Waals surface area contributed by atoms with Gasteiger partial charge in [-0.15, -0.1) is 0 Å². The van der Waals surface area contributed by atoms with Crippen molar-refractivity contribution in [3.05, 3.63) is 94.8 Å². The zero-order chi connectivity index (χ0) is 19.5. The number of esters is 1. The molecule has 0 N–H and O–H groups in total. The molecule has 1 aromatic heterocycles. The van der Waals surface area contributed by atoms with Crippen LogP contribution < -0.4 is 14.5 Å². The number of methoxy groups -OCH3 is 1. The summed E-state index contributed by atoms with van der Waals surface area (Å²) in [6.07, 6.45) is 0. The van der Waals surface area contributed by atoms with Gasteiger partial charge < -0.3 is 0 Å². The Kier molecular flexibility index (Phi) is 5.11. The molecule has 0 aliphatic carbocycles. The molecular formula is C23H16O4Se. The zero-order valence-electron chi connectivity index (χ0n) is 15.0. The molecule has 138 valence electrons. The molecular weight excluding hydrogens is 419 g/mol. The summed E-state index contributed by atoms with van der Waals surface area (Å²) in [5, 5.41) is 1.18. The predicted molar refractivity (Wildman–Crippen MR) is 111 cm³/mol. The van der Waals surface area contributed by atoms with Gasteiger partial charge >= 0.3 is 168 Å². The first kappa shape index (κ1) is 18.2. The van der Waals surface area contributed by atoms with Crippen molar-refractivity contribution in [2.75, 3.05) is 7.11 Å². The molecule has 5 heteroatoms. The summed E-state index contributed by atoms with van der Waals surface area (Å²) in [6.45, 7) is 0. The molecule has 0 fully saturated rings. The number of hydrogen-bond acceptors (Lipinski definition) is 4. The number of benzene rings is 3. The summed E-state index contributed by atoms with van der Waals surface area (Å²) in [5.74, 6) is 0.110. The van der Waals surface area contributed by atoms with Crippen LogP contribution in [0.15, 0.2) is 88.1 Å². The van der Waals surface area contributed by atoms with Crippen LogP contribution in [0.1, 0.15) is 10.4 Å². The molecule has 28 heavy (non-hydrogen) atoms. The number of ether oxygens (including phenoxy) is 1. The van der Waals surface area contributed by atoms with E-state index in [0.29, 0.717) is 16.7 Å².